The van der Waals surface area contributed by atoms with Gasteiger partial charge in [-0.15, -0.1) is 0 Å². The fourth-order valence-electron chi connectivity index (χ4n) is 1.57. The first-order valence-electron chi connectivity index (χ1n) is 5.13. The number of aromatic amines is 1. The Morgan fingerprint density at radius 2 is 2.00 bits per heavy atom. The van der Waals surface area contributed by atoms with Crippen LogP contribution < -0.4 is 10.5 Å². The van der Waals surface area contributed by atoms with E-state index in [2.05, 4.69) is 4.98 Å². The Labute approximate surface area is 92.9 Å². The zero-order chi connectivity index (χ0) is 11.5. The SMILES string of the molecule is CCOc1ccc(-c2[nH]c(=O)oc2C)cc1. The van der Waals surface area contributed by atoms with Gasteiger partial charge in [-0.05, 0) is 38.1 Å². The molecule has 0 atom stereocenters. The van der Waals surface area contributed by atoms with Crippen LogP contribution in [0.25, 0.3) is 11.3 Å². The van der Waals surface area contributed by atoms with E-state index in [0.717, 1.165) is 11.3 Å². The van der Waals surface area contributed by atoms with E-state index in [-0.39, 0.29) is 0 Å². The van der Waals surface area contributed by atoms with Crippen molar-refractivity contribution in [2.75, 3.05) is 6.61 Å². The summed E-state index contributed by atoms with van der Waals surface area (Å²) in [6.07, 6.45) is 0. The van der Waals surface area contributed by atoms with Gasteiger partial charge in [0.15, 0.2) is 0 Å². The number of ether oxygens (including phenoxy) is 1. The van der Waals surface area contributed by atoms with Crippen molar-refractivity contribution in [3.63, 3.8) is 0 Å². The summed E-state index contributed by atoms with van der Waals surface area (Å²) < 4.78 is 10.2. The molecular formula is C12H13NO3. The lowest BCUT2D eigenvalue weighted by Gasteiger charge is -2.03. The maximum atomic E-state index is 11.0. The first kappa shape index (κ1) is 10.5. The monoisotopic (exact) mass is 219 g/mol. The molecule has 1 heterocycles. The summed E-state index contributed by atoms with van der Waals surface area (Å²) >= 11 is 0. The Morgan fingerprint density at radius 1 is 1.31 bits per heavy atom. The van der Waals surface area contributed by atoms with Crippen LogP contribution >= 0.6 is 0 Å². The number of rotatable bonds is 3. The molecule has 0 unspecified atom stereocenters. The minimum absolute atomic E-state index is 0.429. The Hall–Kier alpha value is -1.97. The van der Waals surface area contributed by atoms with Gasteiger partial charge in [0.25, 0.3) is 0 Å². The standard InChI is InChI=1S/C12H13NO3/c1-3-15-10-6-4-9(5-7-10)11-8(2)16-12(14)13-11/h4-7H,3H2,1-2H3,(H,13,14). The smallest absolute Gasteiger partial charge is 0.416 e. The minimum Gasteiger partial charge on any atom is -0.494 e. The molecule has 0 aliphatic heterocycles. The van der Waals surface area contributed by atoms with Gasteiger partial charge in [-0.2, -0.15) is 0 Å². The lowest BCUT2D eigenvalue weighted by molar-refractivity contribution is 0.340. The second kappa shape index (κ2) is 4.26. The Balaban J connectivity index is 2.34. The summed E-state index contributed by atoms with van der Waals surface area (Å²) in [5.74, 6) is 0.977. The van der Waals surface area contributed by atoms with Crippen LogP contribution in [0.3, 0.4) is 0 Å². The first-order chi connectivity index (χ1) is 7.70. The second-order valence-corrected chi connectivity index (χ2v) is 3.40. The third-order valence-electron chi connectivity index (χ3n) is 2.28. The molecule has 84 valence electrons. The summed E-state index contributed by atoms with van der Waals surface area (Å²) in [7, 11) is 0. The van der Waals surface area contributed by atoms with Gasteiger partial charge in [0.1, 0.15) is 11.5 Å². The molecule has 0 radical (unpaired) electrons. The van der Waals surface area contributed by atoms with Crippen LogP contribution in [0.1, 0.15) is 12.7 Å². The molecule has 2 rings (SSSR count). The van der Waals surface area contributed by atoms with Crippen LogP contribution in [0.2, 0.25) is 0 Å². The number of aromatic nitrogens is 1. The zero-order valence-corrected chi connectivity index (χ0v) is 9.24. The fraction of sp³-hybridized carbons (Fsp3) is 0.250. The van der Waals surface area contributed by atoms with E-state index in [4.69, 9.17) is 9.15 Å². The van der Waals surface area contributed by atoms with Crippen molar-refractivity contribution in [3.8, 4) is 17.0 Å². The molecular weight excluding hydrogens is 206 g/mol. The van der Waals surface area contributed by atoms with E-state index in [1.165, 1.54) is 0 Å². The van der Waals surface area contributed by atoms with Gasteiger partial charge in [0.05, 0.1) is 12.3 Å². The van der Waals surface area contributed by atoms with Gasteiger partial charge < -0.3 is 9.15 Å². The predicted octanol–water partition coefficient (Wildman–Crippen LogP) is 2.34. The minimum atomic E-state index is -0.429. The van der Waals surface area contributed by atoms with E-state index < -0.39 is 5.76 Å². The third-order valence-corrected chi connectivity index (χ3v) is 2.28. The molecule has 0 aliphatic rings. The topological polar surface area (TPSA) is 55.2 Å². The van der Waals surface area contributed by atoms with Gasteiger partial charge in [-0.25, -0.2) is 4.79 Å². The molecule has 4 heteroatoms. The maximum Gasteiger partial charge on any atom is 0.416 e. The van der Waals surface area contributed by atoms with E-state index in [0.29, 0.717) is 18.1 Å². The fourth-order valence-corrected chi connectivity index (χ4v) is 1.57. The van der Waals surface area contributed by atoms with Crippen molar-refractivity contribution < 1.29 is 9.15 Å². The second-order valence-electron chi connectivity index (χ2n) is 3.40. The van der Waals surface area contributed by atoms with E-state index in [9.17, 15) is 4.79 Å². The van der Waals surface area contributed by atoms with E-state index >= 15 is 0 Å². The summed E-state index contributed by atoms with van der Waals surface area (Å²) in [4.78, 5) is 13.7. The third kappa shape index (κ3) is 2.00. The zero-order valence-electron chi connectivity index (χ0n) is 9.24. The average Bonchev–Trinajstić information content (AvgIpc) is 2.59. The highest BCUT2D eigenvalue weighted by Gasteiger charge is 2.07. The molecule has 1 N–H and O–H groups in total. The summed E-state index contributed by atoms with van der Waals surface area (Å²) in [6.45, 7) is 4.33. The van der Waals surface area contributed by atoms with Gasteiger partial charge >= 0.3 is 5.76 Å². The number of nitrogens with one attached hydrogen (secondary N) is 1. The number of oxazole rings is 1. The molecule has 1 aromatic carbocycles. The lowest BCUT2D eigenvalue weighted by atomic mass is 10.1. The Bertz CT molecular complexity index is 522. The summed E-state index contributed by atoms with van der Waals surface area (Å²) in [6, 6.07) is 7.50. The molecule has 0 fully saturated rings. The van der Waals surface area contributed by atoms with Crippen LogP contribution in [-0.2, 0) is 0 Å². The molecule has 0 saturated carbocycles. The van der Waals surface area contributed by atoms with Crippen molar-refractivity contribution in [1.82, 2.24) is 4.98 Å². The van der Waals surface area contributed by atoms with Gasteiger partial charge in [0, 0.05) is 5.56 Å². The Morgan fingerprint density at radius 3 is 2.50 bits per heavy atom. The number of hydrogen-bond acceptors (Lipinski definition) is 3. The van der Waals surface area contributed by atoms with Crippen molar-refractivity contribution in [2.45, 2.75) is 13.8 Å². The van der Waals surface area contributed by atoms with Crippen LogP contribution in [-0.4, -0.2) is 11.6 Å². The normalized spacial score (nSPS) is 10.4. The van der Waals surface area contributed by atoms with Crippen molar-refractivity contribution >= 4 is 0 Å². The quantitative estimate of drug-likeness (QED) is 0.862. The molecule has 0 amide bonds. The van der Waals surface area contributed by atoms with Gasteiger partial charge in [-0.3, -0.25) is 4.98 Å². The molecule has 1 aromatic heterocycles. The van der Waals surface area contributed by atoms with Crippen LogP contribution in [0.4, 0.5) is 0 Å². The van der Waals surface area contributed by atoms with Crippen molar-refractivity contribution in [3.05, 3.63) is 40.6 Å². The van der Waals surface area contributed by atoms with E-state index in [1.54, 1.807) is 6.92 Å². The van der Waals surface area contributed by atoms with E-state index in [1.807, 2.05) is 31.2 Å². The molecule has 16 heavy (non-hydrogen) atoms. The molecule has 2 aromatic rings. The molecule has 0 spiro atoms. The van der Waals surface area contributed by atoms with Gasteiger partial charge in [-0.1, -0.05) is 0 Å². The highest BCUT2D eigenvalue weighted by Crippen LogP contribution is 2.22. The lowest BCUT2D eigenvalue weighted by Crippen LogP contribution is -1.95. The van der Waals surface area contributed by atoms with Crippen molar-refractivity contribution in [2.24, 2.45) is 0 Å². The highest BCUT2D eigenvalue weighted by molar-refractivity contribution is 5.61. The largest absolute Gasteiger partial charge is 0.494 e. The molecule has 0 aliphatic carbocycles. The average molecular weight is 219 g/mol. The van der Waals surface area contributed by atoms with Crippen molar-refractivity contribution in [1.29, 1.82) is 0 Å². The predicted molar refractivity (Wildman–Crippen MR) is 60.7 cm³/mol. The molecule has 4 nitrogen and oxygen atoms in total. The summed E-state index contributed by atoms with van der Waals surface area (Å²) in [5, 5.41) is 0. The number of H-pyrrole nitrogens is 1. The maximum absolute atomic E-state index is 11.0. The van der Waals surface area contributed by atoms with Gasteiger partial charge in [0.2, 0.25) is 0 Å². The first-order valence-corrected chi connectivity index (χ1v) is 5.13. The Kier molecular flexibility index (Phi) is 2.81. The summed E-state index contributed by atoms with van der Waals surface area (Å²) in [5.41, 5.74) is 1.62. The number of hydrogen-bond donors (Lipinski definition) is 1. The van der Waals surface area contributed by atoms with Crippen LogP contribution in [0, 0.1) is 6.92 Å². The molecule has 0 bridgehead atoms. The number of aryl methyl sites for hydroxylation is 1. The molecule has 0 saturated heterocycles. The van der Waals surface area contributed by atoms with Crippen LogP contribution in [0.5, 0.6) is 5.75 Å². The number of benzene rings is 1. The highest BCUT2D eigenvalue weighted by atomic mass is 16.5. The van der Waals surface area contributed by atoms with Crippen LogP contribution in [0.15, 0.2) is 33.5 Å².